The smallest absolute Gasteiger partial charge is 0.219 e. The second-order valence-electron chi connectivity index (χ2n) is 8.28. The Kier molecular flexibility index (Phi) is 14.6. The molecule has 0 fully saturated rings. The van der Waals surface area contributed by atoms with Crippen LogP contribution in [0.4, 0.5) is 0 Å². The van der Waals surface area contributed by atoms with Gasteiger partial charge in [0.05, 0.1) is 0 Å². The van der Waals surface area contributed by atoms with Crippen molar-refractivity contribution in [2.75, 3.05) is 0 Å². The summed E-state index contributed by atoms with van der Waals surface area (Å²) < 4.78 is 4.32. The summed E-state index contributed by atoms with van der Waals surface area (Å²) in [4.78, 5) is 9.75. The summed E-state index contributed by atoms with van der Waals surface area (Å²) in [6.45, 7) is 6.28. The standard InChI is InChI=1S/C24H36N6S2.2ClH/c1-3-5-7-9-11-16-29-21(27-23(25)31-29)19-14-13-15-20(18-19)22-28-24(26)32-30(22)17-12-10-8-6-4-2;;/h13-15,18,25-26H,3-12,16-17H2,1-2H3;2*1H. The Morgan fingerprint density at radius 2 is 1.09 bits per heavy atom. The number of nitrogens with one attached hydrogen (secondary N) is 2. The highest BCUT2D eigenvalue weighted by Gasteiger charge is 2.13. The fourth-order valence-corrected chi connectivity index (χ4v) is 5.45. The Hall–Kier alpha value is -1.48. The molecule has 1 aromatic carbocycles. The number of aromatic nitrogens is 4. The lowest BCUT2D eigenvalue weighted by atomic mass is 10.1. The zero-order chi connectivity index (χ0) is 22.8. The molecule has 0 saturated carbocycles. The van der Waals surface area contributed by atoms with Gasteiger partial charge < -0.3 is 0 Å². The molecule has 2 N–H and O–H groups in total. The number of unbranched alkanes of at least 4 members (excludes halogenated alkanes) is 8. The monoisotopic (exact) mass is 544 g/mol. The number of benzene rings is 1. The van der Waals surface area contributed by atoms with Gasteiger partial charge in [0.15, 0.2) is 11.6 Å². The molecule has 0 aliphatic rings. The fraction of sp³-hybridized carbons (Fsp3) is 0.583. The molecule has 34 heavy (non-hydrogen) atoms. The molecule has 190 valence electrons. The van der Waals surface area contributed by atoms with Gasteiger partial charge in [-0.1, -0.05) is 83.4 Å². The molecule has 0 bridgehead atoms. The van der Waals surface area contributed by atoms with Crippen LogP contribution >= 0.6 is 47.9 Å². The molecule has 0 unspecified atom stereocenters. The van der Waals surface area contributed by atoms with Crippen LogP contribution in [-0.4, -0.2) is 17.9 Å². The maximum absolute atomic E-state index is 8.08. The first kappa shape index (κ1) is 30.6. The molecule has 6 nitrogen and oxygen atoms in total. The number of halogens is 2. The van der Waals surface area contributed by atoms with Gasteiger partial charge in [-0.05, 0) is 42.0 Å². The third-order valence-corrected chi connectivity index (χ3v) is 7.27. The Bertz CT molecular complexity index is 1000. The molecule has 0 atom stereocenters. The molecule has 0 radical (unpaired) electrons. The van der Waals surface area contributed by atoms with Crippen LogP contribution in [0.2, 0.25) is 0 Å². The van der Waals surface area contributed by atoms with Crippen molar-refractivity contribution in [2.24, 2.45) is 0 Å². The van der Waals surface area contributed by atoms with Crippen molar-refractivity contribution in [2.45, 2.75) is 91.1 Å². The minimum absolute atomic E-state index is 0. The predicted molar refractivity (Wildman–Crippen MR) is 148 cm³/mol. The molecule has 0 amide bonds. The predicted octanol–water partition coefficient (Wildman–Crippen LogP) is 7.28. The van der Waals surface area contributed by atoms with E-state index in [2.05, 4.69) is 49.9 Å². The van der Waals surface area contributed by atoms with Gasteiger partial charge in [-0.3, -0.25) is 18.7 Å². The summed E-state index contributed by atoms with van der Waals surface area (Å²) in [5.41, 5.74) is 2.03. The van der Waals surface area contributed by atoms with Crippen LogP contribution in [0.1, 0.15) is 78.1 Å². The number of hydrogen-bond acceptors (Lipinski definition) is 6. The van der Waals surface area contributed by atoms with Gasteiger partial charge >= 0.3 is 0 Å². The SMILES string of the molecule is CCCCCCCn1sc(=N)nc1-c1cccc(-c2nc(=N)sn2CCCCCCC)c1.Cl.Cl. The van der Waals surface area contributed by atoms with E-state index in [9.17, 15) is 0 Å². The first-order valence-electron chi connectivity index (χ1n) is 12.0. The minimum Gasteiger partial charge on any atom is -0.278 e. The molecule has 0 aliphatic carbocycles. The van der Waals surface area contributed by atoms with E-state index in [0.717, 1.165) is 48.7 Å². The highest BCUT2D eigenvalue weighted by Crippen LogP contribution is 2.26. The summed E-state index contributed by atoms with van der Waals surface area (Å²) in [6.07, 6.45) is 12.3. The highest BCUT2D eigenvalue weighted by atomic mass is 35.5. The topological polar surface area (TPSA) is 83.3 Å². The summed E-state index contributed by atoms with van der Waals surface area (Å²) in [6, 6.07) is 8.28. The van der Waals surface area contributed by atoms with Gasteiger partial charge in [-0.25, -0.2) is 0 Å². The quantitative estimate of drug-likeness (QED) is 0.209. The van der Waals surface area contributed by atoms with E-state index >= 15 is 0 Å². The maximum atomic E-state index is 8.08. The molecule has 3 rings (SSSR count). The summed E-state index contributed by atoms with van der Waals surface area (Å²) in [7, 11) is 0. The van der Waals surface area contributed by atoms with Crippen molar-refractivity contribution in [1.29, 1.82) is 10.8 Å². The van der Waals surface area contributed by atoms with E-state index in [4.69, 9.17) is 10.8 Å². The lowest BCUT2D eigenvalue weighted by Gasteiger charge is -2.09. The average Bonchev–Trinajstić information content (AvgIpc) is 3.35. The first-order valence-corrected chi connectivity index (χ1v) is 13.5. The van der Waals surface area contributed by atoms with Crippen LogP contribution in [0, 0.1) is 10.8 Å². The van der Waals surface area contributed by atoms with Gasteiger partial charge in [-0.2, -0.15) is 9.97 Å². The lowest BCUT2D eigenvalue weighted by Crippen LogP contribution is -2.00. The first-order chi connectivity index (χ1) is 15.6. The van der Waals surface area contributed by atoms with E-state index in [1.165, 1.54) is 74.4 Å². The van der Waals surface area contributed by atoms with Gasteiger partial charge in [-0.15, -0.1) is 24.8 Å². The Labute approximate surface area is 223 Å². The zero-order valence-corrected chi connectivity index (χ0v) is 23.5. The van der Waals surface area contributed by atoms with Crippen molar-refractivity contribution in [3.8, 4) is 22.8 Å². The van der Waals surface area contributed by atoms with Crippen molar-refractivity contribution in [3.05, 3.63) is 33.9 Å². The Morgan fingerprint density at radius 1 is 0.676 bits per heavy atom. The van der Waals surface area contributed by atoms with E-state index in [0.29, 0.717) is 9.60 Å². The number of rotatable bonds is 14. The molecule has 0 spiro atoms. The van der Waals surface area contributed by atoms with Crippen LogP contribution in [0.15, 0.2) is 24.3 Å². The van der Waals surface area contributed by atoms with Gasteiger partial charge in [0.25, 0.3) is 0 Å². The zero-order valence-electron chi connectivity index (χ0n) is 20.2. The van der Waals surface area contributed by atoms with E-state index in [1.54, 1.807) is 0 Å². The molecule has 0 aliphatic heterocycles. The van der Waals surface area contributed by atoms with Crippen LogP contribution in [0.3, 0.4) is 0 Å². The summed E-state index contributed by atoms with van der Waals surface area (Å²) in [5.74, 6) is 1.73. The Balaban J connectivity index is 0.00000289. The third-order valence-electron chi connectivity index (χ3n) is 5.59. The van der Waals surface area contributed by atoms with Gasteiger partial charge in [0.2, 0.25) is 9.60 Å². The molecular weight excluding hydrogens is 507 g/mol. The second-order valence-corrected chi connectivity index (χ2v) is 10.3. The highest BCUT2D eigenvalue weighted by molar-refractivity contribution is 7.03. The van der Waals surface area contributed by atoms with Crippen molar-refractivity contribution in [1.82, 2.24) is 17.9 Å². The van der Waals surface area contributed by atoms with Crippen LogP contribution < -0.4 is 9.60 Å². The number of aryl methyl sites for hydroxylation is 2. The number of hydrogen-bond donors (Lipinski definition) is 2. The van der Waals surface area contributed by atoms with E-state index in [1.807, 2.05) is 6.07 Å². The molecular formula is C24H38Cl2N6S2. The fourth-order valence-electron chi connectivity index (χ4n) is 3.88. The molecule has 2 aromatic heterocycles. The van der Waals surface area contributed by atoms with Crippen LogP contribution in [0.5, 0.6) is 0 Å². The van der Waals surface area contributed by atoms with Crippen LogP contribution in [-0.2, 0) is 13.1 Å². The Morgan fingerprint density at radius 3 is 1.50 bits per heavy atom. The summed E-state index contributed by atoms with van der Waals surface area (Å²) in [5, 5.41) is 16.2. The van der Waals surface area contributed by atoms with E-state index < -0.39 is 0 Å². The average molecular weight is 546 g/mol. The second kappa shape index (κ2) is 16.2. The summed E-state index contributed by atoms with van der Waals surface area (Å²) >= 11 is 2.85. The molecule has 0 saturated heterocycles. The van der Waals surface area contributed by atoms with Crippen LogP contribution in [0.25, 0.3) is 22.8 Å². The maximum Gasteiger partial charge on any atom is 0.219 e. The minimum atomic E-state index is 0. The third kappa shape index (κ3) is 8.95. The van der Waals surface area contributed by atoms with Gasteiger partial charge in [0.1, 0.15) is 0 Å². The lowest BCUT2D eigenvalue weighted by molar-refractivity contribution is 0.587. The largest absolute Gasteiger partial charge is 0.278 e. The van der Waals surface area contributed by atoms with Crippen molar-refractivity contribution in [3.63, 3.8) is 0 Å². The van der Waals surface area contributed by atoms with Gasteiger partial charge in [0, 0.05) is 24.2 Å². The van der Waals surface area contributed by atoms with E-state index in [-0.39, 0.29) is 24.8 Å². The molecule has 3 aromatic rings. The normalized spacial score (nSPS) is 10.6. The molecule has 10 heteroatoms. The number of nitrogens with zero attached hydrogens (tertiary/aromatic N) is 4. The van der Waals surface area contributed by atoms with Crippen molar-refractivity contribution >= 4 is 47.9 Å². The van der Waals surface area contributed by atoms with Crippen molar-refractivity contribution < 1.29 is 0 Å². The molecule has 2 heterocycles.